The number of carboxylic acid groups (broad SMARTS) is 1. The average Bonchev–Trinajstić information content (AvgIpc) is 3.01. The van der Waals surface area contributed by atoms with E-state index in [4.69, 9.17) is 13.9 Å². The Morgan fingerprint density at radius 2 is 1.61 bits per heavy atom. The molecule has 9 heteroatoms. The molecule has 0 bridgehead atoms. The van der Waals surface area contributed by atoms with Crippen molar-refractivity contribution in [2.75, 3.05) is 6.54 Å². The van der Waals surface area contributed by atoms with Gasteiger partial charge in [0.1, 0.15) is 23.0 Å². The first kappa shape index (κ1) is 24.0. The Labute approximate surface area is 190 Å². The highest BCUT2D eigenvalue weighted by molar-refractivity contribution is 5.97. The van der Waals surface area contributed by atoms with Crippen LogP contribution in [0.1, 0.15) is 42.7 Å². The number of aliphatic carboxylic acids is 1. The second-order valence-corrected chi connectivity index (χ2v) is 8.53. The normalized spacial score (nSPS) is 12.3. The molecule has 2 amide bonds. The van der Waals surface area contributed by atoms with Crippen LogP contribution in [-0.2, 0) is 20.8 Å². The van der Waals surface area contributed by atoms with Crippen LogP contribution in [0.15, 0.2) is 25.8 Å². The zero-order valence-corrected chi connectivity index (χ0v) is 19.3. The summed E-state index contributed by atoms with van der Waals surface area (Å²) in [6.45, 7) is 8.65. The Hall–Kier alpha value is -3.62. The molecular formula is C24H28N2O7. The predicted molar refractivity (Wildman–Crippen MR) is 122 cm³/mol. The van der Waals surface area contributed by atoms with Crippen molar-refractivity contribution in [2.24, 2.45) is 5.92 Å². The Morgan fingerprint density at radius 1 is 0.970 bits per heavy atom. The van der Waals surface area contributed by atoms with Crippen molar-refractivity contribution in [3.63, 3.8) is 0 Å². The molecule has 1 atom stereocenters. The highest BCUT2D eigenvalue weighted by atomic mass is 16.4. The highest BCUT2D eigenvalue weighted by Gasteiger charge is 2.23. The maximum Gasteiger partial charge on any atom is 0.339 e. The topological polar surface area (TPSA) is 139 Å². The number of carboxylic acids is 1. The average molecular weight is 456 g/mol. The second kappa shape index (κ2) is 9.48. The van der Waals surface area contributed by atoms with Gasteiger partial charge in [-0.2, -0.15) is 0 Å². The van der Waals surface area contributed by atoms with Gasteiger partial charge in [0.15, 0.2) is 0 Å². The SMILES string of the molecule is Cc1oc2cc3oc(=O)c(CCC(=O)NCC(=O)N[C@H](C(=O)O)C(C)C)c(C)c3cc2c1C. The van der Waals surface area contributed by atoms with Crippen LogP contribution in [0.2, 0.25) is 0 Å². The van der Waals surface area contributed by atoms with Crippen molar-refractivity contribution in [1.29, 1.82) is 0 Å². The minimum atomic E-state index is -1.14. The first-order valence-electron chi connectivity index (χ1n) is 10.7. The molecule has 2 aromatic heterocycles. The van der Waals surface area contributed by atoms with Crippen LogP contribution >= 0.6 is 0 Å². The summed E-state index contributed by atoms with van der Waals surface area (Å²) in [5.41, 5.74) is 2.68. The molecule has 0 unspecified atom stereocenters. The summed E-state index contributed by atoms with van der Waals surface area (Å²) in [6, 6.07) is 2.60. The van der Waals surface area contributed by atoms with E-state index < -0.39 is 29.5 Å². The number of carbonyl (C=O) groups is 3. The molecule has 33 heavy (non-hydrogen) atoms. The summed E-state index contributed by atoms with van der Waals surface area (Å²) in [5.74, 6) is -1.67. The van der Waals surface area contributed by atoms with E-state index in [1.54, 1.807) is 19.9 Å². The summed E-state index contributed by atoms with van der Waals surface area (Å²) in [5, 5.41) is 15.7. The number of hydrogen-bond acceptors (Lipinski definition) is 6. The number of amides is 2. The lowest BCUT2D eigenvalue weighted by Crippen LogP contribution is -2.48. The minimum Gasteiger partial charge on any atom is -0.480 e. The molecule has 3 rings (SSSR count). The zero-order chi connectivity index (χ0) is 24.4. The third-order valence-corrected chi connectivity index (χ3v) is 5.88. The predicted octanol–water partition coefficient (Wildman–Crippen LogP) is 2.74. The highest BCUT2D eigenvalue weighted by Crippen LogP contribution is 2.31. The Balaban J connectivity index is 1.69. The fourth-order valence-electron chi connectivity index (χ4n) is 3.76. The maximum atomic E-state index is 12.5. The van der Waals surface area contributed by atoms with Gasteiger partial charge < -0.3 is 24.6 Å². The summed E-state index contributed by atoms with van der Waals surface area (Å²) >= 11 is 0. The fraction of sp³-hybridized carbons (Fsp3) is 0.417. The second-order valence-electron chi connectivity index (χ2n) is 8.53. The molecular weight excluding hydrogens is 428 g/mol. The first-order valence-corrected chi connectivity index (χ1v) is 10.7. The smallest absolute Gasteiger partial charge is 0.339 e. The molecule has 0 saturated carbocycles. The first-order chi connectivity index (χ1) is 15.5. The number of benzene rings is 1. The number of nitrogens with one attached hydrogen (secondary N) is 2. The van der Waals surface area contributed by atoms with E-state index in [1.165, 1.54) is 0 Å². The van der Waals surface area contributed by atoms with Crippen LogP contribution in [-0.4, -0.2) is 35.5 Å². The largest absolute Gasteiger partial charge is 0.480 e. The lowest BCUT2D eigenvalue weighted by molar-refractivity contribution is -0.143. The summed E-state index contributed by atoms with van der Waals surface area (Å²) < 4.78 is 11.2. The van der Waals surface area contributed by atoms with Gasteiger partial charge in [0.05, 0.1) is 6.54 Å². The van der Waals surface area contributed by atoms with E-state index in [2.05, 4.69) is 10.6 Å². The molecule has 9 nitrogen and oxygen atoms in total. The zero-order valence-electron chi connectivity index (χ0n) is 19.3. The van der Waals surface area contributed by atoms with Crippen molar-refractivity contribution < 1.29 is 28.3 Å². The number of fused-ring (bicyclic) bond motifs is 2. The van der Waals surface area contributed by atoms with Gasteiger partial charge in [0.2, 0.25) is 11.8 Å². The van der Waals surface area contributed by atoms with Crippen LogP contribution in [0.4, 0.5) is 0 Å². The van der Waals surface area contributed by atoms with E-state index in [9.17, 15) is 19.2 Å². The van der Waals surface area contributed by atoms with Gasteiger partial charge in [-0.15, -0.1) is 0 Å². The number of furan rings is 1. The summed E-state index contributed by atoms with van der Waals surface area (Å²) in [7, 11) is 0. The number of aryl methyl sites for hydroxylation is 3. The van der Waals surface area contributed by atoms with Gasteiger partial charge in [0.25, 0.3) is 0 Å². The molecule has 0 radical (unpaired) electrons. The van der Waals surface area contributed by atoms with Gasteiger partial charge in [0, 0.05) is 28.8 Å². The van der Waals surface area contributed by atoms with Crippen LogP contribution in [0, 0.1) is 26.7 Å². The Bertz CT molecular complexity index is 1300. The molecule has 176 valence electrons. The molecule has 0 aliphatic carbocycles. The maximum absolute atomic E-state index is 12.5. The third kappa shape index (κ3) is 5.08. The van der Waals surface area contributed by atoms with Gasteiger partial charge >= 0.3 is 11.6 Å². The van der Waals surface area contributed by atoms with Crippen LogP contribution in [0.25, 0.3) is 21.9 Å². The van der Waals surface area contributed by atoms with Crippen molar-refractivity contribution in [3.8, 4) is 0 Å². The standard InChI is InChI=1S/C24H28N2O7/c1-11(2)22(23(29)30)26-21(28)10-25-20(27)7-6-15-13(4)17-8-16-12(3)14(5)32-18(16)9-19(17)33-24(15)31/h8-9,11,22H,6-7,10H2,1-5H3,(H,25,27)(H,26,28)(H,29,30)/t22-/m0/s1. The Morgan fingerprint density at radius 3 is 2.24 bits per heavy atom. The molecule has 0 fully saturated rings. The van der Waals surface area contributed by atoms with Gasteiger partial charge in [-0.05, 0) is 50.3 Å². The monoisotopic (exact) mass is 456 g/mol. The lowest BCUT2D eigenvalue weighted by Gasteiger charge is -2.18. The van der Waals surface area contributed by atoms with Crippen molar-refractivity contribution in [3.05, 3.63) is 45.0 Å². The van der Waals surface area contributed by atoms with Crippen molar-refractivity contribution in [1.82, 2.24) is 10.6 Å². The van der Waals surface area contributed by atoms with Gasteiger partial charge in [-0.1, -0.05) is 13.8 Å². The number of hydrogen-bond donors (Lipinski definition) is 3. The summed E-state index contributed by atoms with van der Waals surface area (Å²) in [6.07, 6.45) is 0.117. The minimum absolute atomic E-state index is 0.0248. The molecule has 0 aliphatic rings. The van der Waals surface area contributed by atoms with E-state index >= 15 is 0 Å². The fourth-order valence-corrected chi connectivity index (χ4v) is 3.76. The van der Waals surface area contributed by atoms with Crippen molar-refractivity contribution in [2.45, 2.75) is 53.5 Å². The number of rotatable bonds is 8. The quantitative estimate of drug-likeness (QED) is 0.443. The van der Waals surface area contributed by atoms with Crippen LogP contribution in [0.3, 0.4) is 0 Å². The molecule has 0 spiro atoms. The molecule has 2 heterocycles. The van der Waals surface area contributed by atoms with E-state index in [0.717, 1.165) is 27.7 Å². The van der Waals surface area contributed by atoms with Gasteiger partial charge in [-0.25, -0.2) is 9.59 Å². The van der Waals surface area contributed by atoms with E-state index in [-0.39, 0.29) is 25.3 Å². The van der Waals surface area contributed by atoms with E-state index in [1.807, 2.05) is 26.8 Å². The number of carbonyl (C=O) groups excluding carboxylic acids is 2. The van der Waals surface area contributed by atoms with Crippen molar-refractivity contribution >= 4 is 39.7 Å². The third-order valence-electron chi connectivity index (χ3n) is 5.88. The summed E-state index contributed by atoms with van der Waals surface area (Å²) in [4.78, 5) is 47.9. The lowest BCUT2D eigenvalue weighted by atomic mass is 10.0. The van der Waals surface area contributed by atoms with Crippen LogP contribution < -0.4 is 16.3 Å². The molecule has 0 aliphatic heterocycles. The molecule has 3 N–H and O–H groups in total. The molecule has 3 aromatic rings. The van der Waals surface area contributed by atoms with Crippen LogP contribution in [0.5, 0.6) is 0 Å². The van der Waals surface area contributed by atoms with E-state index in [0.29, 0.717) is 16.7 Å². The molecule has 0 saturated heterocycles. The van der Waals surface area contributed by atoms with Gasteiger partial charge in [-0.3, -0.25) is 9.59 Å². The Kier molecular flexibility index (Phi) is 6.90. The molecule has 1 aromatic carbocycles.